The highest BCUT2D eigenvalue weighted by atomic mass is 16.3. The maximum Gasteiger partial charge on any atom is 0.135 e. The predicted molar refractivity (Wildman–Crippen MR) is 212 cm³/mol. The van der Waals surface area contributed by atoms with E-state index in [-0.39, 0.29) is 0 Å². The van der Waals surface area contributed by atoms with Gasteiger partial charge in [0, 0.05) is 38.6 Å². The fourth-order valence-electron chi connectivity index (χ4n) is 7.41. The van der Waals surface area contributed by atoms with Crippen LogP contribution in [0.3, 0.4) is 0 Å². The molecule has 2 heterocycles. The van der Waals surface area contributed by atoms with Gasteiger partial charge in [0.1, 0.15) is 22.3 Å². The number of anilines is 3. The highest BCUT2D eigenvalue weighted by Gasteiger charge is 2.18. The van der Waals surface area contributed by atoms with E-state index in [2.05, 4.69) is 169 Å². The first kappa shape index (κ1) is 29.1. The van der Waals surface area contributed by atoms with Crippen molar-refractivity contribution < 1.29 is 8.83 Å². The Kier molecular flexibility index (Phi) is 6.81. The molecular weight excluding hydrogens is 623 g/mol. The summed E-state index contributed by atoms with van der Waals surface area (Å²) >= 11 is 0. The highest BCUT2D eigenvalue weighted by molar-refractivity contribution is 6.08. The Morgan fingerprint density at radius 2 is 0.725 bits per heavy atom. The molecule has 10 rings (SSSR count). The first-order chi connectivity index (χ1) is 25.3. The molecular formula is C48H31NO2. The topological polar surface area (TPSA) is 29.5 Å². The first-order valence-corrected chi connectivity index (χ1v) is 17.2. The molecule has 51 heavy (non-hydrogen) atoms. The molecule has 3 nitrogen and oxygen atoms in total. The molecule has 0 radical (unpaired) electrons. The third-order valence-corrected chi connectivity index (χ3v) is 9.88. The zero-order valence-corrected chi connectivity index (χ0v) is 27.7. The van der Waals surface area contributed by atoms with Crippen LogP contribution in [0.25, 0.3) is 77.3 Å². The van der Waals surface area contributed by atoms with Crippen LogP contribution < -0.4 is 4.90 Å². The van der Waals surface area contributed by atoms with Gasteiger partial charge in [0.15, 0.2) is 0 Å². The summed E-state index contributed by atoms with van der Waals surface area (Å²) in [4.78, 5) is 2.33. The molecule has 3 heteroatoms. The Morgan fingerprint density at radius 3 is 1.35 bits per heavy atom. The highest BCUT2D eigenvalue weighted by Crippen LogP contribution is 2.43. The van der Waals surface area contributed by atoms with Crippen molar-refractivity contribution >= 4 is 60.9 Å². The van der Waals surface area contributed by atoms with Gasteiger partial charge in [-0.3, -0.25) is 0 Å². The summed E-state index contributed by atoms with van der Waals surface area (Å²) in [6, 6.07) is 66.4. The Morgan fingerprint density at radius 1 is 0.275 bits per heavy atom. The fraction of sp³-hybridized carbons (Fsp3) is 0. The van der Waals surface area contributed by atoms with Crippen molar-refractivity contribution in [3.05, 3.63) is 188 Å². The molecule has 0 amide bonds. The van der Waals surface area contributed by atoms with E-state index >= 15 is 0 Å². The molecule has 0 aliphatic rings. The molecule has 10 aromatic rings. The van der Waals surface area contributed by atoms with Gasteiger partial charge < -0.3 is 13.7 Å². The van der Waals surface area contributed by atoms with Crippen LogP contribution in [0.4, 0.5) is 17.1 Å². The average molecular weight is 654 g/mol. The fourth-order valence-corrected chi connectivity index (χ4v) is 7.41. The zero-order valence-electron chi connectivity index (χ0n) is 27.7. The van der Waals surface area contributed by atoms with Crippen molar-refractivity contribution in [1.29, 1.82) is 0 Å². The molecule has 0 aliphatic carbocycles. The molecule has 0 bridgehead atoms. The number of hydrogen-bond acceptors (Lipinski definition) is 3. The predicted octanol–water partition coefficient (Wildman–Crippen LogP) is 14.0. The van der Waals surface area contributed by atoms with E-state index < -0.39 is 0 Å². The minimum atomic E-state index is 0.883. The van der Waals surface area contributed by atoms with Gasteiger partial charge in [0.25, 0.3) is 0 Å². The van der Waals surface area contributed by atoms with E-state index in [0.717, 1.165) is 83.2 Å². The number of furan rings is 2. The third-order valence-electron chi connectivity index (χ3n) is 9.88. The summed E-state index contributed by atoms with van der Waals surface area (Å²) in [5, 5.41) is 4.45. The second-order valence-electron chi connectivity index (χ2n) is 12.9. The van der Waals surface area contributed by atoms with E-state index in [4.69, 9.17) is 8.83 Å². The summed E-state index contributed by atoms with van der Waals surface area (Å²) in [6.07, 6.45) is 0. The lowest BCUT2D eigenvalue weighted by molar-refractivity contribution is 0.668. The molecule has 240 valence electrons. The third kappa shape index (κ3) is 5.06. The SMILES string of the molecule is c1ccc(-c2ccc(N(c3ccccc3)c3ccc(-c4ccc5oc6ccccc6c5c4)c(-c4ccc5oc6ccccc6c5c4)c3)cc2)cc1. The smallest absolute Gasteiger partial charge is 0.135 e. The van der Waals surface area contributed by atoms with Gasteiger partial charge in [-0.2, -0.15) is 0 Å². The Bertz CT molecular complexity index is 2850. The van der Waals surface area contributed by atoms with E-state index in [1.807, 2.05) is 24.3 Å². The second kappa shape index (κ2) is 11.9. The van der Waals surface area contributed by atoms with Crippen LogP contribution >= 0.6 is 0 Å². The van der Waals surface area contributed by atoms with Gasteiger partial charge in [-0.25, -0.2) is 0 Å². The summed E-state index contributed by atoms with van der Waals surface area (Å²) in [7, 11) is 0. The van der Waals surface area contributed by atoms with Crippen molar-refractivity contribution in [3.8, 4) is 33.4 Å². The summed E-state index contributed by atoms with van der Waals surface area (Å²) in [6.45, 7) is 0. The van der Waals surface area contributed by atoms with E-state index in [1.165, 1.54) is 11.1 Å². The largest absolute Gasteiger partial charge is 0.456 e. The van der Waals surface area contributed by atoms with Gasteiger partial charge in [-0.1, -0.05) is 115 Å². The van der Waals surface area contributed by atoms with Crippen molar-refractivity contribution in [2.45, 2.75) is 0 Å². The standard InChI is InChI=1S/C48H31NO2/c1-3-11-32(12-4-1)33-19-23-37(24-20-33)49(36-13-5-2-6-14-36)38-25-26-39(34-21-27-47-43(29-34)40-15-7-9-17-45(40)50-47)42(31-38)35-22-28-48-44(30-35)41-16-8-10-18-46(41)51-48/h1-31H. The minimum Gasteiger partial charge on any atom is -0.456 e. The second-order valence-corrected chi connectivity index (χ2v) is 12.9. The van der Waals surface area contributed by atoms with E-state index in [9.17, 15) is 0 Å². The molecule has 8 aromatic carbocycles. The molecule has 0 N–H and O–H groups in total. The summed E-state index contributed by atoms with van der Waals surface area (Å²) in [5.41, 5.74) is 13.7. The van der Waals surface area contributed by atoms with Gasteiger partial charge in [-0.15, -0.1) is 0 Å². The molecule has 0 saturated heterocycles. The molecule has 2 aromatic heterocycles. The lowest BCUT2D eigenvalue weighted by atomic mass is 9.92. The van der Waals surface area contributed by atoms with Gasteiger partial charge >= 0.3 is 0 Å². The maximum absolute atomic E-state index is 6.24. The summed E-state index contributed by atoms with van der Waals surface area (Å²) < 4.78 is 12.4. The number of hydrogen-bond donors (Lipinski definition) is 0. The molecule has 0 spiro atoms. The Labute approximate surface area is 295 Å². The van der Waals surface area contributed by atoms with E-state index in [0.29, 0.717) is 0 Å². The quantitative estimate of drug-likeness (QED) is 0.179. The lowest BCUT2D eigenvalue weighted by Crippen LogP contribution is -2.10. The Balaban J connectivity index is 1.18. The van der Waals surface area contributed by atoms with Crippen LogP contribution in [0.1, 0.15) is 0 Å². The van der Waals surface area contributed by atoms with Crippen molar-refractivity contribution in [1.82, 2.24) is 0 Å². The van der Waals surface area contributed by atoms with Gasteiger partial charge in [0.05, 0.1) is 0 Å². The average Bonchev–Trinajstić information content (AvgIpc) is 3.77. The number of benzene rings is 8. The number of rotatable bonds is 6. The maximum atomic E-state index is 6.24. The van der Waals surface area contributed by atoms with Crippen LogP contribution in [0.15, 0.2) is 197 Å². The molecule has 0 saturated carbocycles. The van der Waals surface area contributed by atoms with Crippen molar-refractivity contribution in [3.63, 3.8) is 0 Å². The number of para-hydroxylation sites is 3. The Hall–Kier alpha value is -6.84. The normalized spacial score (nSPS) is 11.5. The first-order valence-electron chi connectivity index (χ1n) is 17.2. The van der Waals surface area contributed by atoms with Crippen LogP contribution in [0, 0.1) is 0 Å². The van der Waals surface area contributed by atoms with Crippen LogP contribution in [-0.2, 0) is 0 Å². The van der Waals surface area contributed by atoms with Gasteiger partial charge in [0.2, 0.25) is 0 Å². The zero-order chi connectivity index (χ0) is 33.7. The number of fused-ring (bicyclic) bond motifs is 6. The summed E-state index contributed by atoms with van der Waals surface area (Å²) in [5.74, 6) is 0. The van der Waals surface area contributed by atoms with Crippen molar-refractivity contribution in [2.24, 2.45) is 0 Å². The van der Waals surface area contributed by atoms with Crippen molar-refractivity contribution in [2.75, 3.05) is 4.90 Å². The van der Waals surface area contributed by atoms with E-state index in [1.54, 1.807) is 0 Å². The molecule has 0 aliphatic heterocycles. The number of nitrogens with zero attached hydrogens (tertiary/aromatic N) is 1. The van der Waals surface area contributed by atoms with Gasteiger partial charge in [-0.05, 0) is 106 Å². The lowest BCUT2D eigenvalue weighted by Gasteiger charge is -2.27. The minimum absolute atomic E-state index is 0.883. The van der Waals surface area contributed by atoms with Crippen LogP contribution in [0.5, 0.6) is 0 Å². The molecule has 0 fully saturated rings. The van der Waals surface area contributed by atoms with Crippen LogP contribution in [-0.4, -0.2) is 0 Å². The van der Waals surface area contributed by atoms with Crippen LogP contribution in [0.2, 0.25) is 0 Å². The monoisotopic (exact) mass is 653 g/mol. The molecule has 0 atom stereocenters. The molecule has 0 unspecified atom stereocenters.